The van der Waals surface area contributed by atoms with Crippen LogP contribution in [0.15, 0.2) is 4.42 Å². The third kappa shape index (κ3) is 3.34. The Kier molecular flexibility index (Phi) is 3.70. The molecule has 0 aliphatic carbocycles. The number of nitrogens with zero attached hydrogens (tertiary/aromatic N) is 1. The van der Waals surface area contributed by atoms with Gasteiger partial charge in [-0.05, 0) is 5.41 Å². The number of aromatic nitrogens is 1. The molecule has 1 aromatic rings. The van der Waals surface area contributed by atoms with Crippen LogP contribution in [-0.4, -0.2) is 23.2 Å². The summed E-state index contributed by atoms with van der Waals surface area (Å²) in [5, 5.41) is 8.91. The van der Waals surface area contributed by atoms with Gasteiger partial charge in [-0.2, -0.15) is 0 Å². The zero-order chi connectivity index (χ0) is 12.3. The van der Waals surface area contributed by atoms with Crippen LogP contribution in [0.2, 0.25) is 0 Å². The first kappa shape index (κ1) is 12.7. The molecule has 0 aromatic carbocycles. The molecule has 0 aliphatic heterocycles. The largest absolute Gasteiger partial charge is 0.475 e. The van der Waals surface area contributed by atoms with E-state index in [9.17, 15) is 4.79 Å². The van der Waals surface area contributed by atoms with Crippen LogP contribution in [0, 0.1) is 5.41 Å². The van der Waals surface area contributed by atoms with E-state index in [4.69, 9.17) is 14.3 Å². The maximum absolute atomic E-state index is 10.9. The number of methoxy groups -OCH3 is 1. The van der Waals surface area contributed by atoms with Gasteiger partial charge in [-0.1, -0.05) is 20.8 Å². The molecule has 0 saturated heterocycles. The molecule has 90 valence electrons. The van der Waals surface area contributed by atoms with Crippen molar-refractivity contribution >= 4 is 5.97 Å². The number of carboxylic acid groups (broad SMARTS) is 1. The molecule has 5 nitrogen and oxygen atoms in total. The second-order valence-corrected chi connectivity index (χ2v) is 4.86. The highest BCUT2D eigenvalue weighted by Gasteiger charge is 2.22. The third-order valence-corrected chi connectivity index (χ3v) is 1.90. The zero-order valence-electron chi connectivity index (χ0n) is 10.0. The molecule has 1 heterocycles. The number of aromatic carboxylic acids is 1. The number of ether oxygens (including phenoxy) is 1. The lowest BCUT2D eigenvalue weighted by Gasteiger charge is -2.14. The SMILES string of the molecule is COCc1nc(CC(C)(C)C)oc1C(=O)O. The van der Waals surface area contributed by atoms with Crippen LogP contribution in [0.3, 0.4) is 0 Å². The van der Waals surface area contributed by atoms with E-state index in [1.54, 1.807) is 0 Å². The summed E-state index contributed by atoms with van der Waals surface area (Å²) in [6.07, 6.45) is 0.594. The van der Waals surface area contributed by atoms with E-state index in [0.29, 0.717) is 18.0 Å². The van der Waals surface area contributed by atoms with Crippen molar-refractivity contribution in [1.29, 1.82) is 0 Å². The molecular weight excluding hydrogens is 210 g/mol. The summed E-state index contributed by atoms with van der Waals surface area (Å²) < 4.78 is 10.1. The Morgan fingerprint density at radius 1 is 1.50 bits per heavy atom. The summed E-state index contributed by atoms with van der Waals surface area (Å²) in [5.74, 6) is -0.794. The molecule has 5 heteroatoms. The molecule has 16 heavy (non-hydrogen) atoms. The van der Waals surface area contributed by atoms with Gasteiger partial charge in [0.15, 0.2) is 5.89 Å². The minimum Gasteiger partial charge on any atom is -0.475 e. The number of carboxylic acids is 1. The fourth-order valence-electron chi connectivity index (χ4n) is 1.33. The molecule has 1 N–H and O–H groups in total. The van der Waals surface area contributed by atoms with E-state index in [1.165, 1.54) is 7.11 Å². The molecule has 0 spiro atoms. The third-order valence-electron chi connectivity index (χ3n) is 1.90. The van der Waals surface area contributed by atoms with Gasteiger partial charge < -0.3 is 14.3 Å². The highest BCUT2D eigenvalue weighted by molar-refractivity contribution is 5.85. The average molecular weight is 227 g/mol. The van der Waals surface area contributed by atoms with Crippen molar-refractivity contribution in [3.63, 3.8) is 0 Å². The topological polar surface area (TPSA) is 72.6 Å². The summed E-state index contributed by atoms with van der Waals surface area (Å²) in [5.41, 5.74) is 0.347. The molecule has 0 fully saturated rings. The first-order chi connectivity index (χ1) is 7.33. The average Bonchev–Trinajstić information content (AvgIpc) is 2.45. The predicted molar refractivity (Wildman–Crippen MR) is 57.3 cm³/mol. The van der Waals surface area contributed by atoms with Crippen LogP contribution in [0.25, 0.3) is 0 Å². The van der Waals surface area contributed by atoms with Crippen LogP contribution in [0.5, 0.6) is 0 Å². The summed E-state index contributed by atoms with van der Waals surface area (Å²) in [4.78, 5) is 15.0. The van der Waals surface area contributed by atoms with Gasteiger partial charge in [0.2, 0.25) is 5.76 Å². The first-order valence-corrected chi connectivity index (χ1v) is 5.04. The lowest BCUT2D eigenvalue weighted by Crippen LogP contribution is -2.09. The van der Waals surface area contributed by atoms with Crippen LogP contribution in [0.4, 0.5) is 0 Å². The summed E-state index contributed by atoms with van der Waals surface area (Å²) >= 11 is 0. The monoisotopic (exact) mass is 227 g/mol. The second-order valence-electron chi connectivity index (χ2n) is 4.86. The van der Waals surface area contributed by atoms with E-state index in [0.717, 1.165) is 0 Å². The molecule has 0 atom stereocenters. The maximum atomic E-state index is 10.9. The predicted octanol–water partition coefficient (Wildman–Crippen LogP) is 2.11. The summed E-state index contributed by atoms with van der Waals surface area (Å²) in [6, 6.07) is 0. The molecule has 0 unspecified atom stereocenters. The van der Waals surface area contributed by atoms with Gasteiger partial charge in [-0.25, -0.2) is 9.78 Å². The highest BCUT2D eigenvalue weighted by Crippen LogP contribution is 2.22. The minimum absolute atomic E-state index is 0.00493. The van der Waals surface area contributed by atoms with E-state index in [-0.39, 0.29) is 17.8 Å². The number of carbonyl (C=O) groups is 1. The second kappa shape index (κ2) is 4.65. The number of hydrogen-bond acceptors (Lipinski definition) is 4. The van der Waals surface area contributed by atoms with Crippen molar-refractivity contribution in [3.8, 4) is 0 Å². The van der Waals surface area contributed by atoms with Crippen LogP contribution < -0.4 is 0 Å². The van der Waals surface area contributed by atoms with Gasteiger partial charge in [0.25, 0.3) is 0 Å². The Morgan fingerprint density at radius 3 is 2.56 bits per heavy atom. The van der Waals surface area contributed by atoms with Gasteiger partial charge >= 0.3 is 5.97 Å². The van der Waals surface area contributed by atoms with E-state index in [1.807, 2.05) is 20.8 Å². The lowest BCUT2D eigenvalue weighted by atomic mass is 9.92. The van der Waals surface area contributed by atoms with Gasteiger partial charge in [-0.3, -0.25) is 0 Å². The lowest BCUT2D eigenvalue weighted by molar-refractivity contribution is 0.0652. The van der Waals surface area contributed by atoms with Crippen molar-refractivity contribution in [2.75, 3.05) is 7.11 Å². The molecule has 0 radical (unpaired) electrons. The van der Waals surface area contributed by atoms with Crippen molar-refractivity contribution in [1.82, 2.24) is 4.98 Å². The van der Waals surface area contributed by atoms with Crippen molar-refractivity contribution < 1.29 is 19.1 Å². The van der Waals surface area contributed by atoms with Crippen molar-refractivity contribution in [3.05, 3.63) is 17.3 Å². The molecule has 1 aromatic heterocycles. The fourth-order valence-corrected chi connectivity index (χ4v) is 1.33. The Hall–Kier alpha value is -1.36. The Morgan fingerprint density at radius 2 is 2.12 bits per heavy atom. The van der Waals surface area contributed by atoms with Crippen molar-refractivity contribution in [2.24, 2.45) is 5.41 Å². The van der Waals surface area contributed by atoms with Gasteiger partial charge in [0.1, 0.15) is 5.69 Å². The van der Waals surface area contributed by atoms with Crippen LogP contribution in [-0.2, 0) is 17.8 Å². The molecule has 0 amide bonds. The zero-order valence-corrected chi connectivity index (χ0v) is 10.0. The van der Waals surface area contributed by atoms with E-state index in [2.05, 4.69) is 4.98 Å². The standard InChI is InChI=1S/C11H17NO4/c1-11(2,3)5-8-12-7(6-15-4)9(16-8)10(13)14/h5-6H2,1-4H3,(H,13,14). The van der Waals surface area contributed by atoms with Gasteiger partial charge in [0.05, 0.1) is 6.61 Å². The summed E-state index contributed by atoms with van der Waals surface area (Å²) in [7, 11) is 1.49. The number of hydrogen-bond donors (Lipinski definition) is 1. The van der Waals surface area contributed by atoms with Gasteiger partial charge in [0, 0.05) is 13.5 Å². The fraction of sp³-hybridized carbons (Fsp3) is 0.636. The number of rotatable bonds is 4. The van der Waals surface area contributed by atoms with Crippen LogP contribution in [0.1, 0.15) is 42.9 Å². The minimum atomic E-state index is -1.11. The molecule has 0 bridgehead atoms. The Balaban J connectivity index is 2.97. The molecular formula is C11H17NO4. The molecule has 1 rings (SSSR count). The smallest absolute Gasteiger partial charge is 0.373 e. The van der Waals surface area contributed by atoms with Crippen LogP contribution >= 0.6 is 0 Å². The van der Waals surface area contributed by atoms with E-state index < -0.39 is 5.97 Å². The first-order valence-electron chi connectivity index (χ1n) is 5.04. The molecule has 0 aliphatic rings. The Labute approximate surface area is 94.4 Å². The maximum Gasteiger partial charge on any atom is 0.373 e. The summed E-state index contributed by atoms with van der Waals surface area (Å²) in [6.45, 7) is 6.25. The van der Waals surface area contributed by atoms with E-state index >= 15 is 0 Å². The number of oxazole rings is 1. The van der Waals surface area contributed by atoms with Gasteiger partial charge in [-0.15, -0.1) is 0 Å². The molecule has 0 saturated carbocycles. The normalized spacial score (nSPS) is 11.8. The van der Waals surface area contributed by atoms with Crippen molar-refractivity contribution in [2.45, 2.75) is 33.8 Å². The highest BCUT2D eigenvalue weighted by atomic mass is 16.5. The Bertz CT molecular complexity index is 376. The quantitative estimate of drug-likeness (QED) is 0.852.